The zero-order valence-corrected chi connectivity index (χ0v) is 8.82. The van der Waals surface area contributed by atoms with Gasteiger partial charge in [0.2, 0.25) is 5.91 Å². The van der Waals surface area contributed by atoms with E-state index in [-0.39, 0.29) is 11.4 Å². The van der Waals surface area contributed by atoms with Gasteiger partial charge in [-0.3, -0.25) is 4.79 Å². The van der Waals surface area contributed by atoms with E-state index in [0.717, 1.165) is 31.7 Å². The Morgan fingerprint density at radius 2 is 2.46 bits per heavy atom. The van der Waals surface area contributed by atoms with Gasteiger partial charge < -0.3 is 5.32 Å². The summed E-state index contributed by atoms with van der Waals surface area (Å²) in [5, 5.41) is 2.95. The molecular formula is C9H16N2OS. The first-order valence-electron chi connectivity index (χ1n) is 4.98. The molecule has 0 radical (unpaired) electrons. The van der Waals surface area contributed by atoms with E-state index in [4.69, 9.17) is 0 Å². The first kappa shape index (κ1) is 9.34. The van der Waals surface area contributed by atoms with Gasteiger partial charge in [0.1, 0.15) is 5.54 Å². The van der Waals surface area contributed by atoms with E-state index in [9.17, 15) is 4.79 Å². The molecule has 0 aromatic heterocycles. The van der Waals surface area contributed by atoms with Crippen LogP contribution in [0.15, 0.2) is 0 Å². The summed E-state index contributed by atoms with van der Waals surface area (Å²) in [4.78, 5) is 11.7. The summed E-state index contributed by atoms with van der Waals surface area (Å²) in [5.41, 5.74) is -0.138. The highest BCUT2D eigenvalue weighted by atomic mass is 32.2. The molecule has 1 N–H and O–H groups in total. The highest BCUT2D eigenvalue weighted by molar-refractivity contribution is 7.97. The van der Waals surface area contributed by atoms with Gasteiger partial charge in [0.15, 0.2) is 0 Å². The van der Waals surface area contributed by atoms with E-state index in [1.807, 2.05) is 11.9 Å². The standard InChI is InChI=1S/C9H16N2OS/c1-2-13-11-7-3-4-9(11)5-6-10-8(9)12/h2-7H2,1H3,(H,10,12). The molecule has 1 unspecified atom stereocenters. The van der Waals surface area contributed by atoms with Crippen molar-refractivity contribution in [3.8, 4) is 0 Å². The van der Waals surface area contributed by atoms with Crippen molar-refractivity contribution >= 4 is 17.9 Å². The van der Waals surface area contributed by atoms with Gasteiger partial charge in [-0.2, -0.15) is 0 Å². The Morgan fingerprint density at radius 3 is 3.08 bits per heavy atom. The third-order valence-corrected chi connectivity index (χ3v) is 4.06. The molecule has 1 atom stereocenters. The zero-order chi connectivity index (χ0) is 9.31. The van der Waals surface area contributed by atoms with Crippen LogP contribution in [-0.2, 0) is 4.79 Å². The lowest BCUT2D eigenvalue weighted by Gasteiger charge is -2.30. The fourth-order valence-electron chi connectivity index (χ4n) is 2.34. The second-order valence-corrected chi connectivity index (χ2v) is 4.94. The molecule has 2 fully saturated rings. The Hall–Kier alpha value is -0.220. The zero-order valence-electron chi connectivity index (χ0n) is 8.01. The average molecular weight is 200 g/mol. The van der Waals surface area contributed by atoms with Crippen LogP contribution in [0.25, 0.3) is 0 Å². The molecule has 4 heteroatoms. The van der Waals surface area contributed by atoms with E-state index in [1.165, 1.54) is 6.42 Å². The summed E-state index contributed by atoms with van der Waals surface area (Å²) < 4.78 is 2.30. The van der Waals surface area contributed by atoms with Crippen LogP contribution in [0.2, 0.25) is 0 Å². The van der Waals surface area contributed by atoms with Crippen LogP contribution in [0.3, 0.4) is 0 Å². The fourth-order valence-corrected chi connectivity index (χ4v) is 3.42. The van der Waals surface area contributed by atoms with Crippen molar-refractivity contribution in [2.75, 3.05) is 18.8 Å². The van der Waals surface area contributed by atoms with Crippen molar-refractivity contribution in [2.24, 2.45) is 0 Å². The van der Waals surface area contributed by atoms with Gasteiger partial charge in [-0.15, -0.1) is 0 Å². The Bertz CT molecular complexity index is 218. The predicted molar refractivity (Wildman–Crippen MR) is 54.4 cm³/mol. The molecule has 2 aliphatic rings. The molecule has 2 rings (SSSR count). The smallest absolute Gasteiger partial charge is 0.241 e. The monoisotopic (exact) mass is 200 g/mol. The number of hydrogen-bond donors (Lipinski definition) is 1. The number of carbonyl (C=O) groups is 1. The van der Waals surface area contributed by atoms with E-state index in [1.54, 1.807) is 0 Å². The topological polar surface area (TPSA) is 32.3 Å². The molecule has 1 spiro atoms. The first-order valence-corrected chi connectivity index (χ1v) is 5.93. The summed E-state index contributed by atoms with van der Waals surface area (Å²) in [7, 11) is 0. The lowest BCUT2D eigenvalue weighted by atomic mass is 9.96. The largest absolute Gasteiger partial charge is 0.354 e. The molecule has 0 aromatic carbocycles. The van der Waals surface area contributed by atoms with Crippen molar-refractivity contribution < 1.29 is 4.79 Å². The lowest BCUT2D eigenvalue weighted by molar-refractivity contribution is -0.126. The molecule has 0 aromatic rings. The van der Waals surface area contributed by atoms with Gasteiger partial charge in [0, 0.05) is 18.8 Å². The number of nitrogens with zero attached hydrogens (tertiary/aromatic N) is 1. The molecule has 74 valence electrons. The quantitative estimate of drug-likeness (QED) is 0.675. The second-order valence-electron chi connectivity index (χ2n) is 3.66. The minimum absolute atomic E-state index is 0.138. The molecule has 0 bridgehead atoms. The number of amides is 1. The fraction of sp³-hybridized carbons (Fsp3) is 0.889. The van der Waals surface area contributed by atoms with Crippen LogP contribution in [0.1, 0.15) is 26.2 Å². The summed E-state index contributed by atoms with van der Waals surface area (Å²) in [6.45, 7) is 4.08. The maximum atomic E-state index is 11.7. The Morgan fingerprint density at radius 1 is 1.62 bits per heavy atom. The van der Waals surface area contributed by atoms with Crippen LogP contribution in [0.5, 0.6) is 0 Å². The molecule has 0 aliphatic carbocycles. The van der Waals surface area contributed by atoms with Crippen molar-refractivity contribution in [3.63, 3.8) is 0 Å². The number of nitrogens with one attached hydrogen (secondary N) is 1. The van der Waals surface area contributed by atoms with E-state index in [0.29, 0.717) is 0 Å². The minimum atomic E-state index is -0.138. The van der Waals surface area contributed by atoms with Crippen molar-refractivity contribution in [1.29, 1.82) is 0 Å². The predicted octanol–water partition coefficient (Wildman–Crippen LogP) is 1.01. The third-order valence-electron chi connectivity index (χ3n) is 2.96. The molecule has 2 saturated heterocycles. The summed E-state index contributed by atoms with van der Waals surface area (Å²) in [6.07, 6.45) is 3.21. The van der Waals surface area contributed by atoms with Gasteiger partial charge in [-0.25, -0.2) is 4.31 Å². The number of rotatable bonds is 2. The van der Waals surface area contributed by atoms with Crippen LogP contribution in [0, 0.1) is 0 Å². The first-order chi connectivity index (χ1) is 6.29. The minimum Gasteiger partial charge on any atom is -0.354 e. The van der Waals surface area contributed by atoms with Crippen LogP contribution in [0.4, 0.5) is 0 Å². The summed E-state index contributed by atoms with van der Waals surface area (Å²) in [6, 6.07) is 0. The molecule has 2 heterocycles. The Labute approximate surface area is 83.4 Å². The second kappa shape index (κ2) is 3.50. The molecule has 3 nitrogen and oxygen atoms in total. The Kier molecular flexibility index (Phi) is 2.51. The molecule has 0 saturated carbocycles. The van der Waals surface area contributed by atoms with Crippen LogP contribution in [-0.4, -0.2) is 34.6 Å². The molecule has 13 heavy (non-hydrogen) atoms. The maximum absolute atomic E-state index is 11.7. The van der Waals surface area contributed by atoms with Gasteiger partial charge in [0.25, 0.3) is 0 Å². The highest BCUT2D eigenvalue weighted by Crippen LogP contribution is 2.39. The maximum Gasteiger partial charge on any atom is 0.241 e. The molecule has 1 amide bonds. The van der Waals surface area contributed by atoms with Gasteiger partial charge in [0.05, 0.1) is 0 Å². The summed E-state index contributed by atoms with van der Waals surface area (Å²) >= 11 is 1.81. The van der Waals surface area contributed by atoms with Crippen molar-refractivity contribution in [1.82, 2.24) is 9.62 Å². The van der Waals surface area contributed by atoms with Gasteiger partial charge in [-0.1, -0.05) is 18.9 Å². The number of carbonyl (C=O) groups excluding carboxylic acids is 1. The average Bonchev–Trinajstić information content (AvgIpc) is 2.65. The van der Waals surface area contributed by atoms with E-state index >= 15 is 0 Å². The molecule has 2 aliphatic heterocycles. The summed E-state index contributed by atoms with van der Waals surface area (Å²) in [5.74, 6) is 1.32. The number of hydrogen-bond acceptors (Lipinski definition) is 3. The van der Waals surface area contributed by atoms with Crippen molar-refractivity contribution in [3.05, 3.63) is 0 Å². The molecular weight excluding hydrogens is 184 g/mol. The van der Waals surface area contributed by atoms with Gasteiger partial charge >= 0.3 is 0 Å². The highest BCUT2D eigenvalue weighted by Gasteiger charge is 2.50. The van der Waals surface area contributed by atoms with Crippen LogP contribution >= 0.6 is 11.9 Å². The SMILES string of the molecule is CCSN1CCCC12CCNC2=O. The van der Waals surface area contributed by atoms with E-state index in [2.05, 4.69) is 16.5 Å². The van der Waals surface area contributed by atoms with Gasteiger partial charge in [-0.05, 0) is 19.3 Å². The third kappa shape index (κ3) is 1.36. The normalized spacial score (nSPS) is 34.4. The van der Waals surface area contributed by atoms with E-state index < -0.39 is 0 Å². The lowest BCUT2D eigenvalue weighted by Crippen LogP contribution is -2.46. The van der Waals surface area contributed by atoms with Crippen LogP contribution < -0.4 is 5.32 Å². The Balaban J connectivity index is 2.14. The van der Waals surface area contributed by atoms with Crippen molar-refractivity contribution in [2.45, 2.75) is 31.7 Å².